The first-order chi connectivity index (χ1) is 25.4. The quantitative estimate of drug-likeness (QED) is 0.0752. The Morgan fingerprint density at radius 1 is 0.660 bits per heavy atom. The fourth-order valence-corrected chi connectivity index (χ4v) is 5.12. The highest BCUT2D eigenvalue weighted by Crippen LogP contribution is 2.30. The van der Waals surface area contributed by atoms with Crippen molar-refractivity contribution < 1.29 is 40.7 Å². The molecule has 0 aliphatic heterocycles. The highest BCUT2D eigenvalue weighted by Gasteiger charge is 2.31. The molecule has 0 unspecified atom stereocenters. The van der Waals surface area contributed by atoms with Gasteiger partial charge in [-0.2, -0.15) is 36.5 Å². The number of pyridine rings is 2. The van der Waals surface area contributed by atoms with Gasteiger partial charge in [-0.25, -0.2) is 24.1 Å². The van der Waals surface area contributed by atoms with Gasteiger partial charge in [0.15, 0.2) is 17.9 Å². The van der Waals surface area contributed by atoms with E-state index in [9.17, 15) is 35.9 Å². The van der Waals surface area contributed by atoms with Gasteiger partial charge in [-0.05, 0) is 68.0 Å². The molecule has 0 bridgehead atoms. The molecule has 0 fully saturated rings. The number of ether oxygens (including phenoxy) is 1. The van der Waals surface area contributed by atoms with Gasteiger partial charge in [-0.15, -0.1) is 0 Å². The van der Waals surface area contributed by atoms with Crippen LogP contribution in [0.25, 0.3) is 11.6 Å². The van der Waals surface area contributed by atoms with E-state index in [-0.39, 0.29) is 23.8 Å². The van der Waals surface area contributed by atoms with Crippen LogP contribution in [0, 0.1) is 0 Å². The van der Waals surface area contributed by atoms with Crippen molar-refractivity contribution in [2.45, 2.75) is 45.0 Å². The molecule has 0 saturated carbocycles. The summed E-state index contributed by atoms with van der Waals surface area (Å²) < 4.78 is 83.6. The third-order valence-corrected chi connectivity index (χ3v) is 7.84. The molecule has 0 aliphatic carbocycles. The summed E-state index contributed by atoms with van der Waals surface area (Å²) in [6.45, 7) is 1.91. The number of aryl methyl sites for hydroxylation is 4. The maximum Gasteiger partial charge on any atom is 0.417 e. The third-order valence-electron chi connectivity index (χ3n) is 7.84. The number of benzene rings is 2. The summed E-state index contributed by atoms with van der Waals surface area (Å²) in [6, 6.07) is 23.8. The molecule has 4 aromatic heterocycles. The molecule has 0 N–H and O–H groups in total. The summed E-state index contributed by atoms with van der Waals surface area (Å²) in [5, 5.41) is 8.66. The third kappa shape index (κ3) is 10.2. The van der Waals surface area contributed by atoms with Crippen LogP contribution in [0.15, 0.2) is 110 Å². The lowest BCUT2D eigenvalue weighted by Crippen LogP contribution is -2.07. The van der Waals surface area contributed by atoms with E-state index in [2.05, 4.69) is 20.2 Å². The first kappa shape index (κ1) is 38.1. The molecule has 0 spiro atoms. The molecule has 0 saturated heterocycles. The Morgan fingerprint density at radius 2 is 1.13 bits per heavy atom. The van der Waals surface area contributed by atoms with Crippen molar-refractivity contribution in [1.82, 2.24) is 29.5 Å². The summed E-state index contributed by atoms with van der Waals surface area (Å²) in [7, 11) is 0. The van der Waals surface area contributed by atoms with E-state index in [4.69, 9.17) is 4.74 Å². The zero-order chi connectivity index (χ0) is 38.0. The van der Waals surface area contributed by atoms with Gasteiger partial charge in [-0.3, -0.25) is 4.79 Å². The van der Waals surface area contributed by atoms with Crippen molar-refractivity contribution in [2.75, 3.05) is 6.61 Å². The topological polar surface area (TPSA) is 105 Å². The lowest BCUT2D eigenvalue weighted by Gasteiger charge is -2.06. The van der Waals surface area contributed by atoms with Gasteiger partial charge < -0.3 is 4.74 Å². The predicted molar refractivity (Wildman–Crippen MR) is 182 cm³/mol. The number of aromatic nitrogens is 6. The molecular formula is C38H32F6N6O3. The van der Waals surface area contributed by atoms with Crippen LogP contribution in [0.5, 0.6) is 0 Å². The molecule has 9 nitrogen and oxygen atoms in total. The monoisotopic (exact) mass is 734 g/mol. The lowest BCUT2D eigenvalue weighted by molar-refractivity contribution is -0.138. The van der Waals surface area contributed by atoms with E-state index >= 15 is 0 Å². The smallest absolute Gasteiger partial charge is 0.417 e. The van der Waals surface area contributed by atoms with E-state index in [1.807, 2.05) is 60.7 Å². The van der Waals surface area contributed by atoms with Crippen LogP contribution >= 0.6 is 0 Å². The Morgan fingerprint density at radius 3 is 1.57 bits per heavy atom. The maximum atomic E-state index is 12.7. The zero-order valence-corrected chi connectivity index (χ0v) is 28.2. The highest BCUT2D eigenvalue weighted by atomic mass is 19.4. The minimum Gasteiger partial charge on any atom is -0.462 e. The fourth-order valence-electron chi connectivity index (χ4n) is 5.12. The molecule has 4 heterocycles. The van der Waals surface area contributed by atoms with Crippen molar-refractivity contribution in [3.63, 3.8) is 0 Å². The highest BCUT2D eigenvalue weighted by molar-refractivity contribution is 5.90. The molecule has 0 amide bonds. The number of hydrogen-bond donors (Lipinski definition) is 0. The summed E-state index contributed by atoms with van der Waals surface area (Å²) in [5.74, 6) is -0.115. The van der Waals surface area contributed by atoms with Gasteiger partial charge in [0, 0.05) is 24.8 Å². The summed E-state index contributed by atoms with van der Waals surface area (Å²) in [6.07, 6.45) is -1.42. The Labute approximate surface area is 299 Å². The van der Waals surface area contributed by atoms with Crippen LogP contribution in [0.4, 0.5) is 26.3 Å². The summed E-state index contributed by atoms with van der Waals surface area (Å²) in [5.41, 5.74) is 2.28. The van der Waals surface area contributed by atoms with Gasteiger partial charge in [0.2, 0.25) is 0 Å². The molecule has 0 atom stereocenters. The molecular weight excluding hydrogens is 702 g/mol. The van der Waals surface area contributed by atoms with E-state index < -0.39 is 29.4 Å². The second-order valence-corrected chi connectivity index (χ2v) is 11.5. The minimum atomic E-state index is -4.47. The Hall–Kier alpha value is -6.12. The largest absolute Gasteiger partial charge is 0.462 e. The Balaban J connectivity index is 0.000000206. The SMILES string of the molecule is CCOC(=O)c1cn(-c2ccc(C(F)(F)F)cn2)nc1CCc1ccccc1.O=Cc1cn(-c2ccc(C(F)(F)F)cn2)nc1CCc1ccccc1. The van der Waals surface area contributed by atoms with E-state index in [1.165, 1.54) is 33.9 Å². The van der Waals surface area contributed by atoms with Gasteiger partial charge in [0.1, 0.15) is 5.56 Å². The molecule has 6 aromatic rings. The van der Waals surface area contributed by atoms with Crippen molar-refractivity contribution in [3.05, 3.63) is 154 Å². The maximum absolute atomic E-state index is 12.7. The second kappa shape index (κ2) is 16.9. The molecule has 0 radical (unpaired) electrons. The van der Waals surface area contributed by atoms with E-state index in [0.717, 1.165) is 35.7 Å². The zero-order valence-electron chi connectivity index (χ0n) is 28.2. The van der Waals surface area contributed by atoms with Crippen molar-refractivity contribution in [3.8, 4) is 11.6 Å². The number of halogens is 6. The van der Waals surface area contributed by atoms with Gasteiger partial charge in [0.05, 0.1) is 34.7 Å². The number of aldehydes is 1. The molecule has 53 heavy (non-hydrogen) atoms. The summed E-state index contributed by atoms with van der Waals surface area (Å²) >= 11 is 0. The average molecular weight is 735 g/mol. The first-order valence-corrected chi connectivity index (χ1v) is 16.3. The molecule has 274 valence electrons. The molecule has 6 rings (SSSR count). The average Bonchev–Trinajstić information content (AvgIpc) is 3.78. The van der Waals surface area contributed by atoms with Crippen molar-refractivity contribution >= 4 is 12.3 Å². The predicted octanol–water partition coefficient (Wildman–Crippen LogP) is 8.13. The van der Waals surface area contributed by atoms with Crippen molar-refractivity contribution in [2.24, 2.45) is 0 Å². The number of hydrogen-bond acceptors (Lipinski definition) is 7. The van der Waals surface area contributed by atoms with Gasteiger partial charge in [-0.1, -0.05) is 60.7 Å². The Bertz CT molecular complexity index is 2100. The number of carbonyl (C=O) groups excluding carboxylic acids is 2. The molecule has 0 aliphatic rings. The van der Waals surface area contributed by atoms with Gasteiger partial charge in [0.25, 0.3) is 0 Å². The standard InChI is InChI=1S/C20H18F3N3O2.C18H14F3N3O/c1-2-28-19(27)16-13-26(18-11-9-15(12-24-18)20(21,22)23)25-17(16)10-8-14-6-4-3-5-7-14;19-18(20,21)15-7-9-17(22-10-15)24-11-14(12-25)16(23-24)8-6-13-4-2-1-3-5-13/h3-7,9,11-13H,2,8,10H2,1H3;1-5,7,9-12H,6,8H2. The molecule has 15 heteroatoms. The number of alkyl halides is 6. The van der Waals surface area contributed by atoms with Crippen LogP contribution < -0.4 is 0 Å². The second-order valence-electron chi connectivity index (χ2n) is 11.5. The van der Waals surface area contributed by atoms with Crippen LogP contribution in [0.3, 0.4) is 0 Å². The van der Waals surface area contributed by atoms with Crippen molar-refractivity contribution in [1.29, 1.82) is 0 Å². The normalized spacial score (nSPS) is 11.5. The van der Waals surface area contributed by atoms with Crippen LogP contribution in [0.2, 0.25) is 0 Å². The first-order valence-electron chi connectivity index (χ1n) is 16.3. The number of nitrogens with zero attached hydrogens (tertiary/aromatic N) is 6. The Kier molecular flexibility index (Phi) is 12.2. The molecule has 2 aromatic carbocycles. The number of rotatable bonds is 11. The van der Waals surface area contributed by atoms with Gasteiger partial charge >= 0.3 is 18.3 Å². The van der Waals surface area contributed by atoms with E-state index in [0.29, 0.717) is 48.9 Å². The summed E-state index contributed by atoms with van der Waals surface area (Å²) in [4.78, 5) is 31.1. The number of esters is 1. The number of carbonyl (C=O) groups is 2. The van der Waals surface area contributed by atoms with Crippen LogP contribution in [-0.2, 0) is 42.8 Å². The fraction of sp³-hybridized carbons (Fsp3) is 0.211. The van der Waals surface area contributed by atoms with Crippen LogP contribution in [-0.4, -0.2) is 48.4 Å². The lowest BCUT2D eigenvalue weighted by atomic mass is 10.1. The van der Waals surface area contributed by atoms with E-state index in [1.54, 1.807) is 6.92 Å². The minimum absolute atomic E-state index is 0.185. The van der Waals surface area contributed by atoms with Crippen LogP contribution in [0.1, 0.15) is 61.3 Å².